The minimum absolute atomic E-state index is 0.158. The van der Waals surface area contributed by atoms with Crippen molar-refractivity contribution in [3.63, 3.8) is 0 Å². The third kappa shape index (κ3) is 3.86. The summed E-state index contributed by atoms with van der Waals surface area (Å²) < 4.78 is 5.57. The van der Waals surface area contributed by atoms with E-state index in [0.717, 1.165) is 29.2 Å². The molecule has 25 heavy (non-hydrogen) atoms. The molecule has 3 aromatic rings. The Hall–Kier alpha value is -3.14. The van der Waals surface area contributed by atoms with Crippen molar-refractivity contribution < 1.29 is 14.3 Å². The zero-order valence-corrected chi connectivity index (χ0v) is 14.0. The van der Waals surface area contributed by atoms with Gasteiger partial charge in [-0.1, -0.05) is 49.4 Å². The first-order chi connectivity index (χ1) is 12.2. The molecule has 0 aliphatic carbocycles. The van der Waals surface area contributed by atoms with Crippen molar-refractivity contribution in [1.29, 1.82) is 0 Å². The zero-order chi connectivity index (χ0) is 17.6. The predicted molar refractivity (Wildman–Crippen MR) is 99.3 cm³/mol. The molecule has 0 atom stereocenters. The number of rotatable bonds is 6. The van der Waals surface area contributed by atoms with Gasteiger partial charge in [0.2, 0.25) is 0 Å². The Balaban J connectivity index is 1.69. The average Bonchev–Trinajstić information content (AvgIpc) is 2.66. The van der Waals surface area contributed by atoms with Gasteiger partial charge >= 0.3 is 0 Å². The SMILES string of the molecule is CCc1ccc(NC(=O)COc2ccc3ccccc3c2C=O)cc1. The Morgan fingerprint density at radius 1 is 1.04 bits per heavy atom. The van der Waals surface area contributed by atoms with Gasteiger partial charge in [0, 0.05) is 5.69 Å². The molecule has 0 unspecified atom stereocenters. The number of ether oxygens (including phenoxy) is 1. The van der Waals surface area contributed by atoms with Gasteiger partial charge in [0.05, 0.1) is 5.56 Å². The van der Waals surface area contributed by atoms with Crippen LogP contribution in [0.25, 0.3) is 10.8 Å². The van der Waals surface area contributed by atoms with Gasteiger partial charge < -0.3 is 10.1 Å². The van der Waals surface area contributed by atoms with Crippen LogP contribution in [0.5, 0.6) is 5.75 Å². The number of aryl methyl sites for hydroxylation is 1. The summed E-state index contributed by atoms with van der Waals surface area (Å²) in [6, 6.07) is 18.8. The Morgan fingerprint density at radius 3 is 2.52 bits per heavy atom. The summed E-state index contributed by atoms with van der Waals surface area (Å²) in [7, 11) is 0. The summed E-state index contributed by atoms with van der Waals surface area (Å²) >= 11 is 0. The Bertz CT molecular complexity index is 901. The van der Waals surface area contributed by atoms with E-state index in [1.54, 1.807) is 6.07 Å². The van der Waals surface area contributed by atoms with Crippen molar-refractivity contribution >= 4 is 28.7 Å². The van der Waals surface area contributed by atoms with Crippen molar-refractivity contribution in [2.45, 2.75) is 13.3 Å². The first-order valence-electron chi connectivity index (χ1n) is 8.19. The van der Waals surface area contributed by atoms with E-state index in [4.69, 9.17) is 4.74 Å². The maximum absolute atomic E-state index is 12.1. The van der Waals surface area contributed by atoms with Crippen molar-refractivity contribution in [3.8, 4) is 5.75 Å². The smallest absolute Gasteiger partial charge is 0.262 e. The second-order valence-corrected chi connectivity index (χ2v) is 5.70. The molecule has 4 nitrogen and oxygen atoms in total. The summed E-state index contributed by atoms with van der Waals surface area (Å²) in [6.07, 6.45) is 1.72. The van der Waals surface area contributed by atoms with Gasteiger partial charge in [0.15, 0.2) is 12.9 Å². The number of aldehydes is 1. The number of hydrogen-bond donors (Lipinski definition) is 1. The van der Waals surface area contributed by atoms with Crippen LogP contribution in [0.3, 0.4) is 0 Å². The highest BCUT2D eigenvalue weighted by Gasteiger charge is 2.10. The first kappa shape index (κ1) is 16.7. The number of benzene rings is 3. The second kappa shape index (κ2) is 7.62. The first-order valence-corrected chi connectivity index (χ1v) is 8.19. The van der Waals surface area contributed by atoms with Crippen LogP contribution in [0.2, 0.25) is 0 Å². The van der Waals surface area contributed by atoms with Crippen LogP contribution in [0.15, 0.2) is 60.7 Å². The molecule has 126 valence electrons. The molecular weight excluding hydrogens is 314 g/mol. The predicted octanol–water partition coefficient (Wildman–Crippen LogP) is 4.23. The number of carbonyl (C=O) groups is 2. The van der Waals surface area contributed by atoms with Crippen molar-refractivity contribution in [3.05, 3.63) is 71.8 Å². The maximum Gasteiger partial charge on any atom is 0.262 e. The average molecular weight is 333 g/mol. The number of nitrogens with one attached hydrogen (secondary N) is 1. The molecule has 3 rings (SSSR count). The highest BCUT2D eigenvalue weighted by molar-refractivity contribution is 6.01. The van der Waals surface area contributed by atoms with Crippen LogP contribution in [-0.2, 0) is 11.2 Å². The van der Waals surface area contributed by atoms with E-state index < -0.39 is 0 Å². The lowest BCUT2D eigenvalue weighted by Gasteiger charge is -2.11. The number of amides is 1. The van der Waals surface area contributed by atoms with Crippen LogP contribution in [0.4, 0.5) is 5.69 Å². The molecule has 0 radical (unpaired) electrons. The van der Waals surface area contributed by atoms with Gasteiger partial charge in [0.25, 0.3) is 5.91 Å². The van der Waals surface area contributed by atoms with E-state index in [0.29, 0.717) is 11.3 Å². The Morgan fingerprint density at radius 2 is 1.80 bits per heavy atom. The summed E-state index contributed by atoms with van der Waals surface area (Å²) in [5, 5.41) is 4.55. The van der Waals surface area contributed by atoms with E-state index in [9.17, 15) is 9.59 Å². The molecule has 0 aliphatic rings. The molecule has 0 aromatic heterocycles. The molecular formula is C21H19NO3. The van der Waals surface area contributed by atoms with E-state index in [-0.39, 0.29) is 12.5 Å². The van der Waals surface area contributed by atoms with E-state index >= 15 is 0 Å². The summed E-state index contributed by atoms with van der Waals surface area (Å²) in [6.45, 7) is 1.92. The van der Waals surface area contributed by atoms with E-state index in [1.165, 1.54) is 5.56 Å². The molecule has 1 amide bonds. The van der Waals surface area contributed by atoms with Crippen molar-refractivity contribution in [1.82, 2.24) is 0 Å². The number of fused-ring (bicyclic) bond motifs is 1. The molecule has 1 N–H and O–H groups in total. The Labute approximate surface area is 146 Å². The zero-order valence-electron chi connectivity index (χ0n) is 14.0. The lowest BCUT2D eigenvalue weighted by atomic mass is 10.0. The highest BCUT2D eigenvalue weighted by atomic mass is 16.5. The lowest BCUT2D eigenvalue weighted by molar-refractivity contribution is -0.118. The molecule has 0 saturated heterocycles. The molecule has 0 heterocycles. The standard InChI is InChI=1S/C21H19NO3/c1-2-15-7-10-17(11-8-15)22-21(24)14-25-20-12-9-16-5-3-4-6-18(16)19(20)13-23/h3-13H,2,14H2,1H3,(H,22,24). The third-order valence-corrected chi connectivity index (χ3v) is 4.05. The van der Waals surface area contributed by atoms with Gasteiger partial charge in [-0.05, 0) is 41.0 Å². The fourth-order valence-corrected chi connectivity index (χ4v) is 2.69. The lowest BCUT2D eigenvalue weighted by Crippen LogP contribution is -2.20. The highest BCUT2D eigenvalue weighted by Crippen LogP contribution is 2.26. The van der Waals surface area contributed by atoms with Crippen LogP contribution in [0.1, 0.15) is 22.8 Å². The molecule has 0 fully saturated rings. The molecule has 0 aliphatic heterocycles. The third-order valence-electron chi connectivity index (χ3n) is 4.05. The monoisotopic (exact) mass is 333 g/mol. The summed E-state index contributed by atoms with van der Waals surface area (Å²) in [5.41, 5.74) is 2.39. The van der Waals surface area contributed by atoms with Gasteiger partial charge in [-0.2, -0.15) is 0 Å². The largest absolute Gasteiger partial charge is 0.483 e. The van der Waals surface area contributed by atoms with E-state index in [1.807, 2.05) is 54.6 Å². The Kier molecular flexibility index (Phi) is 5.09. The molecule has 4 heteroatoms. The fraction of sp³-hybridized carbons (Fsp3) is 0.143. The van der Waals surface area contributed by atoms with E-state index in [2.05, 4.69) is 12.2 Å². The molecule has 0 saturated carbocycles. The van der Waals surface area contributed by atoms with Gasteiger partial charge in [-0.25, -0.2) is 0 Å². The molecule has 0 spiro atoms. The van der Waals surface area contributed by atoms with Crippen LogP contribution in [0, 0.1) is 0 Å². The normalized spacial score (nSPS) is 10.4. The minimum atomic E-state index is -0.269. The maximum atomic E-state index is 12.1. The number of hydrogen-bond acceptors (Lipinski definition) is 3. The van der Waals surface area contributed by atoms with Gasteiger partial charge in [-0.3, -0.25) is 9.59 Å². The van der Waals surface area contributed by atoms with Gasteiger partial charge in [0.1, 0.15) is 5.75 Å². The van der Waals surface area contributed by atoms with Gasteiger partial charge in [-0.15, -0.1) is 0 Å². The summed E-state index contributed by atoms with van der Waals surface area (Å²) in [4.78, 5) is 23.5. The molecule has 3 aromatic carbocycles. The number of carbonyl (C=O) groups excluding carboxylic acids is 2. The van der Waals surface area contributed by atoms with Crippen LogP contribution in [-0.4, -0.2) is 18.8 Å². The number of anilines is 1. The second-order valence-electron chi connectivity index (χ2n) is 5.70. The summed E-state index contributed by atoms with van der Waals surface area (Å²) in [5.74, 6) is 0.138. The minimum Gasteiger partial charge on any atom is -0.483 e. The topological polar surface area (TPSA) is 55.4 Å². The fourth-order valence-electron chi connectivity index (χ4n) is 2.69. The van der Waals surface area contributed by atoms with Crippen LogP contribution < -0.4 is 10.1 Å². The quantitative estimate of drug-likeness (QED) is 0.687. The van der Waals surface area contributed by atoms with Crippen molar-refractivity contribution in [2.24, 2.45) is 0 Å². The van der Waals surface area contributed by atoms with Crippen LogP contribution >= 0.6 is 0 Å². The van der Waals surface area contributed by atoms with Crippen molar-refractivity contribution in [2.75, 3.05) is 11.9 Å². The molecule has 0 bridgehead atoms.